The van der Waals surface area contributed by atoms with Crippen molar-refractivity contribution in [2.75, 3.05) is 7.11 Å². The lowest BCUT2D eigenvalue weighted by atomic mass is 10.1. The van der Waals surface area contributed by atoms with Gasteiger partial charge in [0.15, 0.2) is 11.3 Å². The predicted molar refractivity (Wildman–Crippen MR) is 58.4 cm³/mol. The Hall–Kier alpha value is -2.26. The summed E-state index contributed by atoms with van der Waals surface area (Å²) in [6.45, 7) is 5.34. The topological polar surface area (TPSA) is 56.8 Å². The Morgan fingerprint density at radius 3 is 2.27 bits per heavy atom. The molecule has 0 radical (unpaired) electrons. The van der Waals surface area contributed by atoms with Crippen molar-refractivity contribution in [3.8, 4) is 12.1 Å². The van der Waals surface area contributed by atoms with Crippen molar-refractivity contribution in [3.05, 3.63) is 47.8 Å². The molecule has 0 heterocycles. The van der Waals surface area contributed by atoms with Gasteiger partial charge in [0.25, 0.3) is 0 Å². The lowest BCUT2D eigenvalue weighted by Crippen LogP contribution is -1.94. The maximum Gasteiger partial charge on any atom is 0.172 e. The van der Waals surface area contributed by atoms with Crippen LogP contribution in [0, 0.1) is 22.7 Å². The normalized spacial score (nSPS) is 10.3. The first-order valence-corrected chi connectivity index (χ1v) is 4.29. The third kappa shape index (κ3) is 3.54. The highest BCUT2D eigenvalue weighted by atomic mass is 16.5. The van der Waals surface area contributed by atoms with Crippen molar-refractivity contribution >= 4 is 0 Å². The number of allylic oxidation sites excluding steroid dienone is 5. The second-order valence-corrected chi connectivity index (χ2v) is 2.47. The van der Waals surface area contributed by atoms with Gasteiger partial charge in [-0.15, -0.1) is 0 Å². The van der Waals surface area contributed by atoms with Gasteiger partial charge in [0.05, 0.1) is 7.11 Å². The van der Waals surface area contributed by atoms with E-state index in [9.17, 15) is 0 Å². The van der Waals surface area contributed by atoms with Gasteiger partial charge >= 0.3 is 0 Å². The highest BCUT2D eigenvalue weighted by molar-refractivity contribution is 5.49. The second kappa shape index (κ2) is 7.17. The Balaban J connectivity index is 5.41. The lowest BCUT2D eigenvalue weighted by Gasteiger charge is -2.05. The molecule has 76 valence electrons. The molecular formula is C12H12N2O. The number of hydrogen-bond donors (Lipinski definition) is 0. The van der Waals surface area contributed by atoms with Crippen LogP contribution in [0.2, 0.25) is 0 Å². The minimum Gasteiger partial charge on any atom is -0.494 e. The van der Waals surface area contributed by atoms with Gasteiger partial charge in [0.1, 0.15) is 12.1 Å². The molecule has 15 heavy (non-hydrogen) atoms. The molecule has 0 aromatic carbocycles. The van der Waals surface area contributed by atoms with Crippen LogP contribution in [-0.2, 0) is 4.74 Å². The summed E-state index contributed by atoms with van der Waals surface area (Å²) in [4.78, 5) is 0. The standard InChI is InChI=1S/C12H12N2O/c1-4-6-7-10(5-2)12(15-3)11(8-13)9-14/h4-7H,1H2,2-3H3/b7-6-,10-5+. The molecule has 0 atom stereocenters. The van der Waals surface area contributed by atoms with Crippen LogP contribution < -0.4 is 0 Å². The zero-order chi connectivity index (χ0) is 11.7. The van der Waals surface area contributed by atoms with E-state index < -0.39 is 0 Å². The molecule has 0 unspecified atom stereocenters. The zero-order valence-corrected chi connectivity index (χ0v) is 8.82. The molecule has 0 bridgehead atoms. The number of rotatable bonds is 4. The smallest absolute Gasteiger partial charge is 0.172 e. The van der Waals surface area contributed by atoms with E-state index in [1.54, 1.807) is 43.4 Å². The maximum atomic E-state index is 8.72. The van der Waals surface area contributed by atoms with E-state index in [1.165, 1.54) is 7.11 Å². The summed E-state index contributed by atoms with van der Waals surface area (Å²) in [5.74, 6) is 0.278. The molecule has 0 spiro atoms. The third-order valence-corrected chi connectivity index (χ3v) is 1.64. The summed E-state index contributed by atoms with van der Waals surface area (Å²) in [5, 5.41) is 17.4. The van der Waals surface area contributed by atoms with Crippen molar-refractivity contribution < 1.29 is 4.74 Å². The van der Waals surface area contributed by atoms with E-state index in [1.807, 2.05) is 0 Å². The van der Waals surface area contributed by atoms with E-state index in [2.05, 4.69) is 6.58 Å². The van der Waals surface area contributed by atoms with Gasteiger partial charge in [-0.2, -0.15) is 10.5 Å². The molecule has 0 aliphatic heterocycles. The number of methoxy groups -OCH3 is 1. The molecule has 0 aromatic rings. The number of hydrogen-bond acceptors (Lipinski definition) is 3. The Morgan fingerprint density at radius 1 is 1.33 bits per heavy atom. The molecule has 3 heteroatoms. The molecule has 0 rings (SSSR count). The van der Waals surface area contributed by atoms with Crippen molar-refractivity contribution in [2.45, 2.75) is 6.92 Å². The highest BCUT2D eigenvalue weighted by Crippen LogP contribution is 2.16. The van der Waals surface area contributed by atoms with Crippen molar-refractivity contribution in [3.63, 3.8) is 0 Å². The zero-order valence-electron chi connectivity index (χ0n) is 8.82. The van der Waals surface area contributed by atoms with Crippen molar-refractivity contribution in [1.82, 2.24) is 0 Å². The Labute approximate surface area is 89.9 Å². The summed E-state index contributed by atoms with van der Waals surface area (Å²) in [6.07, 6.45) is 6.80. The van der Waals surface area contributed by atoms with Gasteiger partial charge in [-0.25, -0.2) is 0 Å². The van der Waals surface area contributed by atoms with Crippen LogP contribution in [0.15, 0.2) is 47.8 Å². The molecule has 0 amide bonds. The fourth-order valence-electron chi connectivity index (χ4n) is 0.966. The maximum absolute atomic E-state index is 8.72. The molecule has 0 aliphatic rings. The van der Waals surface area contributed by atoms with Gasteiger partial charge in [0, 0.05) is 5.57 Å². The average Bonchev–Trinajstić information content (AvgIpc) is 2.28. The molecule has 0 aromatic heterocycles. The third-order valence-electron chi connectivity index (χ3n) is 1.64. The van der Waals surface area contributed by atoms with Crippen LogP contribution in [0.25, 0.3) is 0 Å². The van der Waals surface area contributed by atoms with Gasteiger partial charge in [-0.3, -0.25) is 0 Å². The lowest BCUT2D eigenvalue weighted by molar-refractivity contribution is 0.301. The Morgan fingerprint density at radius 2 is 1.93 bits per heavy atom. The van der Waals surface area contributed by atoms with E-state index >= 15 is 0 Å². The summed E-state index contributed by atoms with van der Waals surface area (Å²) in [6, 6.07) is 3.57. The minimum absolute atomic E-state index is 0.0423. The predicted octanol–water partition coefficient (Wildman–Crippen LogP) is 2.62. The van der Waals surface area contributed by atoms with Crippen molar-refractivity contribution in [1.29, 1.82) is 10.5 Å². The summed E-state index contributed by atoms with van der Waals surface area (Å²) < 4.78 is 5.03. The fraction of sp³-hybridized carbons (Fsp3) is 0.167. The average molecular weight is 200 g/mol. The van der Waals surface area contributed by atoms with Crippen LogP contribution in [0.4, 0.5) is 0 Å². The molecular weight excluding hydrogens is 188 g/mol. The van der Waals surface area contributed by atoms with Crippen molar-refractivity contribution in [2.24, 2.45) is 0 Å². The van der Waals surface area contributed by atoms with Crippen LogP contribution >= 0.6 is 0 Å². The second-order valence-electron chi connectivity index (χ2n) is 2.47. The SMILES string of the molecule is C=C/C=C\C(=C/C)C(OC)=C(C#N)C#N. The summed E-state index contributed by atoms with van der Waals surface area (Å²) in [7, 11) is 1.43. The molecule has 0 N–H and O–H groups in total. The quantitative estimate of drug-likeness (QED) is 0.398. The first kappa shape index (κ1) is 12.7. The van der Waals surface area contributed by atoms with Gasteiger partial charge in [0.2, 0.25) is 0 Å². The molecule has 0 aliphatic carbocycles. The van der Waals surface area contributed by atoms with Crippen LogP contribution in [0.3, 0.4) is 0 Å². The Bertz CT molecular complexity index is 384. The number of nitriles is 2. The van der Waals surface area contributed by atoms with Gasteiger partial charge in [-0.1, -0.05) is 30.9 Å². The highest BCUT2D eigenvalue weighted by Gasteiger charge is 2.08. The fourth-order valence-corrected chi connectivity index (χ4v) is 0.966. The van der Waals surface area contributed by atoms with E-state index in [0.29, 0.717) is 5.57 Å². The van der Waals surface area contributed by atoms with E-state index in [0.717, 1.165) is 0 Å². The number of ether oxygens (including phenoxy) is 1. The molecule has 3 nitrogen and oxygen atoms in total. The van der Waals surface area contributed by atoms with Gasteiger partial charge in [-0.05, 0) is 6.92 Å². The summed E-state index contributed by atoms with van der Waals surface area (Å²) >= 11 is 0. The summed E-state index contributed by atoms with van der Waals surface area (Å²) in [5.41, 5.74) is 0.634. The van der Waals surface area contributed by atoms with Gasteiger partial charge < -0.3 is 4.74 Å². The molecule has 0 saturated carbocycles. The first-order chi connectivity index (χ1) is 7.24. The van der Waals surface area contributed by atoms with Crippen LogP contribution in [-0.4, -0.2) is 7.11 Å². The number of nitrogens with zero attached hydrogens (tertiary/aromatic N) is 2. The first-order valence-electron chi connectivity index (χ1n) is 4.29. The monoisotopic (exact) mass is 200 g/mol. The Kier molecular flexibility index (Phi) is 6.09. The van der Waals surface area contributed by atoms with E-state index in [-0.39, 0.29) is 11.3 Å². The largest absolute Gasteiger partial charge is 0.494 e. The van der Waals surface area contributed by atoms with Crippen LogP contribution in [0.5, 0.6) is 0 Å². The minimum atomic E-state index is -0.0423. The molecule has 0 fully saturated rings. The van der Waals surface area contributed by atoms with E-state index in [4.69, 9.17) is 15.3 Å². The van der Waals surface area contributed by atoms with Crippen LogP contribution in [0.1, 0.15) is 6.92 Å². The molecule has 0 saturated heterocycles.